The first-order chi connectivity index (χ1) is 16.5. The molecule has 2 N–H and O–H groups in total. The van der Waals surface area contributed by atoms with E-state index in [9.17, 15) is 14.4 Å². The van der Waals surface area contributed by atoms with Gasteiger partial charge in [-0.15, -0.1) is 0 Å². The predicted octanol–water partition coefficient (Wildman–Crippen LogP) is 4.97. The van der Waals surface area contributed by atoms with E-state index in [4.69, 9.17) is 4.74 Å². The summed E-state index contributed by atoms with van der Waals surface area (Å²) < 4.78 is 5.09. The Kier molecular flexibility index (Phi) is 8.80. The summed E-state index contributed by atoms with van der Waals surface area (Å²) in [6.45, 7) is 4.86. The Morgan fingerprint density at radius 2 is 1.41 bits per heavy atom. The van der Waals surface area contributed by atoms with Gasteiger partial charge in [-0.25, -0.2) is 4.79 Å². The molecule has 0 aliphatic rings. The van der Waals surface area contributed by atoms with Crippen LogP contribution >= 0.6 is 0 Å². The maximum Gasteiger partial charge on any atom is 0.338 e. The van der Waals surface area contributed by atoms with E-state index in [1.807, 2.05) is 44.2 Å². The molecule has 0 spiro atoms. The van der Waals surface area contributed by atoms with Crippen molar-refractivity contribution in [3.05, 3.63) is 90.0 Å². The Balaban J connectivity index is 1.51. The number of hydrogen-bond donors (Lipinski definition) is 2. The molecule has 3 aromatic carbocycles. The van der Waals surface area contributed by atoms with Crippen molar-refractivity contribution in [3.63, 3.8) is 0 Å². The van der Waals surface area contributed by atoms with Gasteiger partial charge in [0, 0.05) is 29.2 Å². The largest absolute Gasteiger partial charge is 0.462 e. The van der Waals surface area contributed by atoms with E-state index < -0.39 is 0 Å². The molecule has 7 heteroatoms. The number of amides is 2. The first-order valence-electron chi connectivity index (χ1n) is 11.3. The van der Waals surface area contributed by atoms with Crippen molar-refractivity contribution < 1.29 is 19.1 Å². The van der Waals surface area contributed by atoms with E-state index in [0.29, 0.717) is 30.0 Å². The molecule has 0 radical (unpaired) electrons. The van der Waals surface area contributed by atoms with Crippen molar-refractivity contribution in [2.75, 3.05) is 35.2 Å². The smallest absolute Gasteiger partial charge is 0.338 e. The van der Waals surface area contributed by atoms with Crippen molar-refractivity contribution in [2.24, 2.45) is 0 Å². The third kappa shape index (κ3) is 6.68. The molecule has 0 aliphatic carbocycles. The molecule has 0 saturated carbocycles. The quantitative estimate of drug-likeness (QED) is 0.418. The summed E-state index contributed by atoms with van der Waals surface area (Å²) in [5, 5.41) is 5.82. The van der Waals surface area contributed by atoms with Crippen molar-refractivity contribution in [1.29, 1.82) is 0 Å². The minimum absolute atomic E-state index is 0.0543. The highest BCUT2D eigenvalue weighted by molar-refractivity contribution is 6.06. The average molecular weight is 460 g/mol. The number of carbonyl (C=O) groups is 3. The molecular formula is C27H29N3O4. The predicted molar refractivity (Wildman–Crippen MR) is 134 cm³/mol. The van der Waals surface area contributed by atoms with Crippen LogP contribution in [0.1, 0.15) is 41.0 Å². The molecule has 34 heavy (non-hydrogen) atoms. The molecule has 0 aliphatic heterocycles. The summed E-state index contributed by atoms with van der Waals surface area (Å²) in [5.74, 6) is -0.697. The van der Waals surface area contributed by atoms with E-state index >= 15 is 0 Å². The Morgan fingerprint density at radius 1 is 0.794 bits per heavy atom. The minimum atomic E-state index is -0.380. The van der Waals surface area contributed by atoms with E-state index in [2.05, 4.69) is 10.6 Å². The highest BCUT2D eigenvalue weighted by Gasteiger charge is 2.15. The lowest BCUT2D eigenvalue weighted by atomic mass is 10.1. The maximum absolute atomic E-state index is 12.9. The van der Waals surface area contributed by atoms with Gasteiger partial charge < -0.3 is 20.3 Å². The molecule has 0 bridgehead atoms. The zero-order valence-corrected chi connectivity index (χ0v) is 19.4. The molecule has 0 fully saturated rings. The van der Waals surface area contributed by atoms with Gasteiger partial charge >= 0.3 is 5.97 Å². The van der Waals surface area contributed by atoms with E-state index in [1.54, 1.807) is 53.4 Å². The highest BCUT2D eigenvalue weighted by atomic mass is 16.5. The van der Waals surface area contributed by atoms with E-state index in [1.165, 1.54) is 0 Å². The molecule has 0 unspecified atom stereocenters. The monoisotopic (exact) mass is 459 g/mol. The molecule has 3 aromatic rings. The van der Waals surface area contributed by atoms with Crippen LogP contribution in [0, 0.1) is 0 Å². The van der Waals surface area contributed by atoms with Crippen molar-refractivity contribution >= 4 is 34.8 Å². The highest BCUT2D eigenvalue weighted by Crippen LogP contribution is 2.18. The summed E-state index contributed by atoms with van der Waals surface area (Å²) in [7, 11) is 0. The first kappa shape index (κ1) is 24.5. The second kappa shape index (κ2) is 12.2. The Hall–Kier alpha value is -4.13. The molecular weight excluding hydrogens is 430 g/mol. The summed E-state index contributed by atoms with van der Waals surface area (Å²) in [6.07, 6.45) is 0.761. The average Bonchev–Trinajstić information content (AvgIpc) is 2.88. The van der Waals surface area contributed by atoms with Gasteiger partial charge in [0.1, 0.15) is 0 Å². The minimum Gasteiger partial charge on any atom is -0.462 e. The van der Waals surface area contributed by atoms with Crippen LogP contribution in [0.15, 0.2) is 78.9 Å². The number of nitrogens with zero attached hydrogens (tertiary/aromatic N) is 1. The lowest BCUT2D eigenvalue weighted by Crippen LogP contribution is -2.30. The van der Waals surface area contributed by atoms with Gasteiger partial charge in [0.05, 0.1) is 18.7 Å². The van der Waals surface area contributed by atoms with Gasteiger partial charge in [-0.2, -0.15) is 0 Å². The molecule has 176 valence electrons. The number of anilines is 3. The lowest BCUT2D eigenvalue weighted by Gasteiger charge is -2.21. The number of para-hydroxylation sites is 1. The van der Waals surface area contributed by atoms with Crippen molar-refractivity contribution in [1.82, 2.24) is 0 Å². The maximum atomic E-state index is 12.9. The fraction of sp³-hybridized carbons (Fsp3) is 0.222. The van der Waals surface area contributed by atoms with Crippen LogP contribution in [0.4, 0.5) is 17.1 Å². The molecule has 7 nitrogen and oxygen atoms in total. The van der Waals surface area contributed by atoms with Crippen LogP contribution in [-0.4, -0.2) is 37.5 Å². The standard InChI is InChI=1S/C27H29N3O4/c1-3-18-34-27(33)21-12-16-23(17-13-21)29-25(31)19-28-22-14-10-20(11-15-22)26(32)30(4-2)24-8-6-5-7-9-24/h5-17,28H,3-4,18-19H2,1-2H3,(H,29,31). The zero-order valence-electron chi connectivity index (χ0n) is 19.4. The van der Waals surface area contributed by atoms with Crippen molar-refractivity contribution in [2.45, 2.75) is 20.3 Å². The number of ether oxygens (including phenoxy) is 1. The third-order valence-corrected chi connectivity index (χ3v) is 5.06. The van der Waals surface area contributed by atoms with Gasteiger partial charge in [-0.1, -0.05) is 25.1 Å². The topological polar surface area (TPSA) is 87.7 Å². The van der Waals surface area contributed by atoms with Crippen LogP contribution in [0.25, 0.3) is 0 Å². The fourth-order valence-corrected chi connectivity index (χ4v) is 3.29. The van der Waals surface area contributed by atoms with Crippen LogP contribution in [0.2, 0.25) is 0 Å². The van der Waals surface area contributed by atoms with Crippen LogP contribution < -0.4 is 15.5 Å². The Bertz CT molecular complexity index is 1100. The fourth-order valence-electron chi connectivity index (χ4n) is 3.29. The van der Waals surface area contributed by atoms with Gasteiger partial charge in [0.25, 0.3) is 5.91 Å². The number of hydrogen-bond acceptors (Lipinski definition) is 5. The van der Waals surface area contributed by atoms with Crippen LogP contribution in [0.5, 0.6) is 0 Å². The SMILES string of the molecule is CCCOC(=O)c1ccc(NC(=O)CNc2ccc(C(=O)N(CC)c3ccccc3)cc2)cc1. The second-order valence-corrected chi connectivity index (χ2v) is 7.58. The summed E-state index contributed by atoms with van der Waals surface area (Å²) in [4.78, 5) is 38.7. The Labute approximate surface area is 199 Å². The number of carbonyl (C=O) groups excluding carboxylic acids is 3. The van der Waals surface area contributed by atoms with E-state index in [-0.39, 0.29) is 24.3 Å². The van der Waals surface area contributed by atoms with Crippen LogP contribution in [0.3, 0.4) is 0 Å². The number of nitrogens with one attached hydrogen (secondary N) is 2. The number of benzene rings is 3. The Morgan fingerprint density at radius 3 is 2.03 bits per heavy atom. The van der Waals surface area contributed by atoms with Gasteiger partial charge in [0.15, 0.2) is 0 Å². The normalized spacial score (nSPS) is 10.3. The van der Waals surface area contributed by atoms with Gasteiger partial charge in [-0.05, 0) is 74.0 Å². The number of esters is 1. The lowest BCUT2D eigenvalue weighted by molar-refractivity contribution is -0.114. The second-order valence-electron chi connectivity index (χ2n) is 7.58. The molecule has 0 aromatic heterocycles. The first-order valence-corrected chi connectivity index (χ1v) is 11.3. The summed E-state index contributed by atoms with van der Waals surface area (Å²) in [6, 6.07) is 23.1. The van der Waals surface area contributed by atoms with Crippen molar-refractivity contribution in [3.8, 4) is 0 Å². The van der Waals surface area contributed by atoms with Crippen LogP contribution in [-0.2, 0) is 9.53 Å². The molecule has 0 atom stereocenters. The zero-order chi connectivity index (χ0) is 24.3. The third-order valence-electron chi connectivity index (χ3n) is 5.06. The molecule has 3 rings (SSSR count). The van der Waals surface area contributed by atoms with Gasteiger partial charge in [0.2, 0.25) is 5.91 Å². The number of rotatable bonds is 10. The van der Waals surface area contributed by atoms with E-state index in [0.717, 1.165) is 17.8 Å². The summed E-state index contributed by atoms with van der Waals surface area (Å²) in [5.41, 5.74) is 3.16. The molecule has 0 saturated heterocycles. The summed E-state index contributed by atoms with van der Waals surface area (Å²) >= 11 is 0. The molecule has 0 heterocycles. The molecule has 2 amide bonds. The van der Waals surface area contributed by atoms with Gasteiger partial charge in [-0.3, -0.25) is 9.59 Å².